The summed E-state index contributed by atoms with van der Waals surface area (Å²) in [6, 6.07) is 11.7. The van der Waals surface area contributed by atoms with Crippen molar-refractivity contribution in [3.05, 3.63) is 59.0 Å². The van der Waals surface area contributed by atoms with Crippen LogP contribution in [0.4, 0.5) is 0 Å². The Bertz CT molecular complexity index is 1130. The molecule has 1 saturated heterocycles. The maximum Gasteiger partial charge on any atom is 0.273 e. The maximum atomic E-state index is 12.1. The Labute approximate surface area is 164 Å². The van der Waals surface area contributed by atoms with Crippen LogP contribution in [0.3, 0.4) is 0 Å². The molecule has 2 aliphatic rings. The molecule has 1 heterocycles. The molecule has 0 radical (unpaired) electrons. The van der Waals surface area contributed by atoms with Crippen LogP contribution in [0.2, 0.25) is 0 Å². The molecular weight excluding hydrogens is 402 g/mol. The van der Waals surface area contributed by atoms with Gasteiger partial charge < -0.3 is 10.2 Å². The normalized spacial score (nSPS) is 25.7. The van der Waals surface area contributed by atoms with Crippen molar-refractivity contribution >= 4 is 20.0 Å². The van der Waals surface area contributed by atoms with Gasteiger partial charge in [0, 0.05) is 18.9 Å². The number of hydrogen-bond acceptors (Lipinski definition) is 5. The first-order valence-electron chi connectivity index (χ1n) is 8.85. The van der Waals surface area contributed by atoms with Crippen LogP contribution in [0.15, 0.2) is 47.4 Å². The predicted octanol–water partition coefficient (Wildman–Crippen LogP) is 0.717. The molecule has 0 bridgehead atoms. The van der Waals surface area contributed by atoms with Crippen LogP contribution in [0.5, 0.6) is 11.5 Å². The zero-order valence-corrected chi connectivity index (χ0v) is 17.0. The second-order valence-corrected chi connectivity index (χ2v) is 11.0. The number of rotatable bonds is 5. The van der Waals surface area contributed by atoms with Gasteiger partial charge in [-0.15, -0.1) is 0 Å². The van der Waals surface area contributed by atoms with Gasteiger partial charge in [-0.05, 0) is 42.4 Å². The Morgan fingerprint density at radius 1 is 1.11 bits per heavy atom. The number of sulfonamides is 2. The van der Waals surface area contributed by atoms with Crippen molar-refractivity contribution in [3.8, 4) is 11.5 Å². The zero-order chi connectivity index (χ0) is 20.1. The summed E-state index contributed by atoms with van der Waals surface area (Å²) in [6.45, 7) is 1.59. The number of hydrogen-bond donors (Lipinski definition) is 2. The van der Waals surface area contributed by atoms with E-state index in [1.54, 1.807) is 25.1 Å². The van der Waals surface area contributed by atoms with Gasteiger partial charge in [-0.3, -0.25) is 4.41 Å². The van der Waals surface area contributed by atoms with Gasteiger partial charge in [0.15, 0.2) is 0 Å². The molecule has 2 unspecified atom stereocenters. The lowest BCUT2D eigenvalue weighted by molar-refractivity contribution is -0.775. The Balaban J connectivity index is 1.52. The van der Waals surface area contributed by atoms with Crippen molar-refractivity contribution in [2.24, 2.45) is 0 Å². The summed E-state index contributed by atoms with van der Waals surface area (Å²) >= 11 is 0. The fourth-order valence-electron chi connectivity index (χ4n) is 3.58. The molecule has 0 saturated carbocycles. The molecule has 1 aliphatic carbocycles. The van der Waals surface area contributed by atoms with Gasteiger partial charge in [-0.1, -0.05) is 19.1 Å². The van der Waals surface area contributed by atoms with Gasteiger partial charge in [0.1, 0.15) is 17.5 Å². The average molecular weight is 424 g/mol. The van der Waals surface area contributed by atoms with Gasteiger partial charge in [-0.2, -0.15) is 8.42 Å². The molecule has 150 valence electrons. The van der Waals surface area contributed by atoms with E-state index in [-0.39, 0.29) is 10.9 Å². The van der Waals surface area contributed by atoms with Gasteiger partial charge in [0.25, 0.3) is 10.0 Å². The number of quaternary nitrogens is 1. The summed E-state index contributed by atoms with van der Waals surface area (Å²) in [7, 11) is -5.42. The molecule has 28 heavy (non-hydrogen) atoms. The third-order valence-corrected chi connectivity index (χ3v) is 8.57. The van der Waals surface area contributed by atoms with E-state index in [0.717, 1.165) is 11.1 Å². The highest BCUT2D eigenvalue weighted by Crippen LogP contribution is 2.30. The second kappa shape index (κ2) is 6.82. The van der Waals surface area contributed by atoms with E-state index in [0.29, 0.717) is 28.8 Å². The highest BCUT2D eigenvalue weighted by Gasteiger charge is 2.42. The lowest BCUT2D eigenvalue weighted by Gasteiger charge is -2.49. The Morgan fingerprint density at radius 3 is 2.50 bits per heavy atom. The molecule has 0 spiro atoms. The first kappa shape index (κ1) is 19.3. The lowest BCUT2D eigenvalue weighted by atomic mass is 10.1. The molecule has 3 atom stereocenters. The highest BCUT2D eigenvalue weighted by molar-refractivity contribution is 7.89. The number of fused-ring (bicyclic) bond motifs is 1. The zero-order valence-electron chi connectivity index (χ0n) is 15.4. The molecule has 1 aliphatic heterocycles. The van der Waals surface area contributed by atoms with Crippen LogP contribution in [0.25, 0.3) is 5.43 Å². The standard InChI is InChI=1S/C18H21N3O5S2/c1-12-20-21(28(12,24)25)15-8-13-6-7-17(10-14(13)9-15)26-16-4-3-5-18(11-16)27(22,23)19-2/h3-7,10-12,15,19,21H,8-9H2,1-2H3/t12?,15-/m1/s1. The van der Waals surface area contributed by atoms with Gasteiger partial charge >= 0.3 is 0 Å². The van der Waals surface area contributed by atoms with E-state index in [1.807, 2.05) is 12.1 Å². The van der Waals surface area contributed by atoms with Gasteiger partial charge in [0.05, 0.1) is 10.3 Å². The van der Waals surface area contributed by atoms with Crippen LogP contribution in [-0.4, -0.2) is 35.3 Å². The van der Waals surface area contributed by atoms with E-state index in [9.17, 15) is 16.8 Å². The molecule has 8 nitrogen and oxygen atoms in total. The fraction of sp³-hybridized carbons (Fsp3) is 0.333. The van der Waals surface area contributed by atoms with Crippen LogP contribution in [0.1, 0.15) is 18.1 Å². The van der Waals surface area contributed by atoms with Gasteiger partial charge in [-0.25, -0.2) is 13.1 Å². The van der Waals surface area contributed by atoms with Gasteiger partial charge in [0.2, 0.25) is 10.0 Å². The Morgan fingerprint density at radius 2 is 1.82 bits per heavy atom. The Hall–Kier alpha value is -1.98. The Kier molecular flexibility index (Phi) is 4.71. The van der Waals surface area contributed by atoms with Crippen molar-refractivity contribution in [3.63, 3.8) is 0 Å². The first-order valence-corrected chi connectivity index (χ1v) is 11.9. The van der Waals surface area contributed by atoms with E-state index in [2.05, 4.69) is 10.1 Å². The topological polar surface area (TPSA) is 108 Å². The van der Waals surface area contributed by atoms with Crippen LogP contribution in [-0.2, 0) is 32.9 Å². The quantitative estimate of drug-likeness (QED) is 0.737. The number of ether oxygens (including phenoxy) is 1. The minimum Gasteiger partial charge on any atom is -0.457 e. The van der Waals surface area contributed by atoms with Crippen LogP contribution in [0, 0.1) is 0 Å². The fourth-order valence-corrected chi connectivity index (χ4v) is 5.72. The lowest BCUT2D eigenvalue weighted by Crippen LogP contribution is -3.21. The summed E-state index contributed by atoms with van der Waals surface area (Å²) < 4.78 is 56.6. The van der Waals surface area contributed by atoms with Crippen molar-refractivity contribution in [2.75, 3.05) is 7.05 Å². The molecule has 10 heteroatoms. The third kappa shape index (κ3) is 3.31. The van der Waals surface area contributed by atoms with E-state index < -0.39 is 25.4 Å². The van der Waals surface area contributed by atoms with Crippen molar-refractivity contribution in [1.29, 1.82) is 0 Å². The molecular formula is C18H21N3O5S2. The van der Waals surface area contributed by atoms with E-state index in [4.69, 9.17) is 4.74 Å². The molecule has 1 fully saturated rings. The summed E-state index contributed by atoms with van der Waals surface area (Å²) in [5.74, 6) is 0.982. The smallest absolute Gasteiger partial charge is 0.273 e. The van der Waals surface area contributed by atoms with Crippen molar-refractivity contribution in [1.82, 2.24) is 4.72 Å². The molecule has 2 N–H and O–H groups in total. The number of benzene rings is 2. The van der Waals surface area contributed by atoms with Crippen LogP contribution >= 0.6 is 0 Å². The molecule has 0 amide bonds. The SMILES string of the molecule is CNS(=O)(=O)c1cccc(Oc2ccc3c(c2)C[C@H]([NH+]2[N-]C(C)S2(=O)=O)C3)c1. The van der Waals surface area contributed by atoms with E-state index >= 15 is 0 Å². The van der Waals surface area contributed by atoms with Crippen LogP contribution < -0.4 is 13.9 Å². The minimum absolute atomic E-state index is 0.115. The maximum absolute atomic E-state index is 12.1. The monoisotopic (exact) mass is 423 g/mol. The summed E-state index contributed by atoms with van der Waals surface area (Å²) in [5.41, 5.74) is 6.32. The number of nitrogens with zero attached hydrogens (tertiary/aromatic N) is 1. The van der Waals surface area contributed by atoms with Crippen molar-refractivity contribution < 1.29 is 26.0 Å². The molecule has 4 rings (SSSR count). The summed E-state index contributed by atoms with van der Waals surface area (Å²) in [4.78, 5) is 0.121. The third-order valence-electron chi connectivity index (χ3n) is 5.13. The predicted molar refractivity (Wildman–Crippen MR) is 103 cm³/mol. The largest absolute Gasteiger partial charge is 0.457 e. The first-order chi connectivity index (χ1) is 13.2. The second-order valence-electron chi connectivity index (χ2n) is 6.93. The molecule has 2 aromatic carbocycles. The number of nitrogens with one attached hydrogen (secondary N) is 2. The molecule has 2 aromatic rings. The van der Waals surface area contributed by atoms with Crippen molar-refractivity contribution in [2.45, 2.75) is 36.1 Å². The van der Waals surface area contributed by atoms with E-state index in [1.165, 1.54) is 19.2 Å². The highest BCUT2D eigenvalue weighted by atomic mass is 32.2. The summed E-state index contributed by atoms with van der Waals surface area (Å²) in [6.07, 6.45) is 1.25. The molecule has 0 aromatic heterocycles. The summed E-state index contributed by atoms with van der Waals surface area (Å²) in [5, 5.41) is -0.633. The minimum atomic E-state index is -3.55. The average Bonchev–Trinajstić information content (AvgIpc) is 3.08.